The summed E-state index contributed by atoms with van der Waals surface area (Å²) in [4.78, 5) is 29.9. The van der Waals surface area contributed by atoms with Crippen LogP contribution in [-0.2, 0) is 11.4 Å². The number of carboxylic acid groups (broad SMARTS) is 1. The van der Waals surface area contributed by atoms with Crippen molar-refractivity contribution in [1.29, 1.82) is 0 Å². The average Bonchev–Trinajstić information content (AvgIpc) is 3.02. The molecule has 0 radical (unpaired) electrons. The van der Waals surface area contributed by atoms with E-state index in [0.717, 1.165) is 11.3 Å². The Hall–Kier alpha value is -2.89. The van der Waals surface area contributed by atoms with Crippen LogP contribution in [0.3, 0.4) is 0 Å². The first-order chi connectivity index (χ1) is 12.5. The summed E-state index contributed by atoms with van der Waals surface area (Å²) in [7, 11) is 0. The number of aliphatic carboxylic acids is 1. The smallest absolute Gasteiger partial charge is 0.308 e. The molecule has 1 aromatic heterocycles. The highest BCUT2D eigenvalue weighted by Gasteiger charge is 2.38. The number of carbonyl (C=O) groups excluding carboxylic acids is 1. The zero-order valence-corrected chi connectivity index (χ0v) is 14.9. The molecule has 1 fully saturated rings. The number of hydrogen-bond donors (Lipinski definition) is 1. The standard InChI is InChI=1S/C20H22N2O4/c1-13-6-7-17(11-21-13)26-12-15-4-3-5-16(10-15)19(23)22-9-8-18(14(22)2)20(24)25/h3-7,10-11,14,18H,8-9,12H2,1-2H3,(H,24,25). The molecule has 26 heavy (non-hydrogen) atoms. The maximum absolute atomic E-state index is 12.8. The van der Waals surface area contributed by atoms with E-state index in [1.165, 1.54) is 0 Å². The number of aromatic nitrogens is 1. The second kappa shape index (κ2) is 7.56. The van der Waals surface area contributed by atoms with E-state index in [0.29, 0.717) is 30.9 Å². The molecule has 0 saturated carbocycles. The summed E-state index contributed by atoms with van der Waals surface area (Å²) in [5.74, 6) is -0.814. The number of rotatable bonds is 5. The van der Waals surface area contributed by atoms with E-state index in [-0.39, 0.29) is 11.9 Å². The first kappa shape index (κ1) is 17.9. The molecule has 1 N–H and O–H groups in total. The van der Waals surface area contributed by atoms with Crippen LogP contribution in [-0.4, -0.2) is 39.5 Å². The summed E-state index contributed by atoms with van der Waals surface area (Å²) in [6.07, 6.45) is 2.16. The molecule has 1 amide bonds. The average molecular weight is 354 g/mol. The Balaban J connectivity index is 1.68. The Morgan fingerprint density at radius 2 is 2.12 bits per heavy atom. The molecule has 0 bridgehead atoms. The lowest BCUT2D eigenvalue weighted by molar-refractivity contribution is -0.142. The summed E-state index contributed by atoms with van der Waals surface area (Å²) in [5.41, 5.74) is 2.34. The van der Waals surface area contributed by atoms with Crippen molar-refractivity contribution in [3.63, 3.8) is 0 Å². The van der Waals surface area contributed by atoms with Crippen molar-refractivity contribution >= 4 is 11.9 Å². The fourth-order valence-corrected chi connectivity index (χ4v) is 3.22. The number of ether oxygens (including phenoxy) is 1. The second-order valence-corrected chi connectivity index (χ2v) is 6.60. The minimum Gasteiger partial charge on any atom is -0.487 e. The molecular weight excluding hydrogens is 332 g/mol. The van der Waals surface area contributed by atoms with Gasteiger partial charge in [-0.25, -0.2) is 0 Å². The van der Waals surface area contributed by atoms with Crippen molar-refractivity contribution in [3.8, 4) is 5.75 Å². The number of aryl methyl sites for hydroxylation is 1. The van der Waals surface area contributed by atoms with E-state index in [4.69, 9.17) is 4.74 Å². The summed E-state index contributed by atoms with van der Waals surface area (Å²) in [6.45, 7) is 4.50. The molecule has 136 valence electrons. The zero-order chi connectivity index (χ0) is 18.7. The lowest BCUT2D eigenvalue weighted by Gasteiger charge is -2.23. The summed E-state index contributed by atoms with van der Waals surface area (Å²) in [5, 5.41) is 9.23. The summed E-state index contributed by atoms with van der Waals surface area (Å²) >= 11 is 0. The van der Waals surface area contributed by atoms with Gasteiger partial charge < -0.3 is 14.7 Å². The molecule has 1 aliphatic rings. The molecule has 1 aromatic carbocycles. The van der Waals surface area contributed by atoms with E-state index >= 15 is 0 Å². The van der Waals surface area contributed by atoms with Crippen molar-refractivity contribution in [2.24, 2.45) is 5.92 Å². The van der Waals surface area contributed by atoms with Gasteiger partial charge in [0.2, 0.25) is 0 Å². The monoisotopic (exact) mass is 354 g/mol. The molecule has 1 aliphatic heterocycles. The molecule has 6 heteroatoms. The Kier molecular flexibility index (Phi) is 5.21. The van der Waals surface area contributed by atoms with Gasteiger partial charge in [0.05, 0.1) is 12.1 Å². The van der Waals surface area contributed by atoms with Gasteiger partial charge in [0.1, 0.15) is 12.4 Å². The molecule has 0 spiro atoms. The predicted octanol–water partition coefficient (Wildman–Crippen LogP) is 2.90. The normalized spacial score (nSPS) is 19.4. The van der Waals surface area contributed by atoms with Gasteiger partial charge in [-0.15, -0.1) is 0 Å². The van der Waals surface area contributed by atoms with Crippen LogP contribution in [0.5, 0.6) is 5.75 Å². The number of benzene rings is 1. The van der Waals surface area contributed by atoms with E-state index in [1.54, 1.807) is 30.2 Å². The number of amides is 1. The summed E-state index contributed by atoms with van der Waals surface area (Å²) < 4.78 is 5.71. The highest BCUT2D eigenvalue weighted by atomic mass is 16.5. The molecule has 2 heterocycles. The van der Waals surface area contributed by atoms with Crippen LogP contribution >= 0.6 is 0 Å². The second-order valence-electron chi connectivity index (χ2n) is 6.60. The number of pyridine rings is 1. The molecular formula is C20H22N2O4. The Morgan fingerprint density at radius 3 is 2.77 bits per heavy atom. The SMILES string of the molecule is Cc1ccc(OCc2cccc(C(=O)N3CCC(C(=O)O)C3C)c2)cn1. The van der Waals surface area contributed by atoms with Gasteiger partial charge in [-0.3, -0.25) is 14.6 Å². The molecule has 1 saturated heterocycles. The number of carbonyl (C=O) groups is 2. The van der Waals surface area contributed by atoms with Crippen LogP contribution < -0.4 is 4.74 Å². The van der Waals surface area contributed by atoms with Gasteiger partial charge in [-0.05, 0) is 50.1 Å². The van der Waals surface area contributed by atoms with Crippen LogP contribution in [0.25, 0.3) is 0 Å². The first-order valence-corrected chi connectivity index (χ1v) is 8.64. The lowest BCUT2D eigenvalue weighted by Crippen LogP contribution is -2.37. The quantitative estimate of drug-likeness (QED) is 0.893. The maximum atomic E-state index is 12.8. The minimum atomic E-state index is -0.846. The van der Waals surface area contributed by atoms with Crippen molar-refractivity contribution in [2.45, 2.75) is 32.9 Å². The number of hydrogen-bond acceptors (Lipinski definition) is 4. The Morgan fingerprint density at radius 1 is 1.31 bits per heavy atom. The van der Waals surface area contributed by atoms with Crippen molar-refractivity contribution in [3.05, 3.63) is 59.4 Å². The third-order valence-electron chi connectivity index (χ3n) is 4.80. The predicted molar refractivity (Wildman–Crippen MR) is 96.0 cm³/mol. The molecule has 2 aromatic rings. The van der Waals surface area contributed by atoms with Gasteiger partial charge in [0.15, 0.2) is 0 Å². The van der Waals surface area contributed by atoms with E-state index < -0.39 is 11.9 Å². The van der Waals surface area contributed by atoms with Crippen LogP contribution in [0.2, 0.25) is 0 Å². The molecule has 3 rings (SSSR count). The zero-order valence-electron chi connectivity index (χ0n) is 14.9. The number of likely N-dealkylation sites (tertiary alicyclic amines) is 1. The lowest BCUT2D eigenvalue weighted by atomic mass is 10.0. The highest BCUT2D eigenvalue weighted by Crippen LogP contribution is 2.26. The third kappa shape index (κ3) is 3.85. The van der Waals surface area contributed by atoms with Crippen LogP contribution in [0, 0.1) is 12.8 Å². The largest absolute Gasteiger partial charge is 0.487 e. The number of nitrogens with zero attached hydrogens (tertiary/aromatic N) is 2. The Bertz CT molecular complexity index is 804. The Labute approximate surface area is 152 Å². The van der Waals surface area contributed by atoms with E-state index in [2.05, 4.69) is 4.98 Å². The third-order valence-corrected chi connectivity index (χ3v) is 4.80. The highest BCUT2D eigenvalue weighted by molar-refractivity contribution is 5.95. The molecule has 6 nitrogen and oxygen atoms in total. The van der Waals surface area contributed by atoms with Gasteiger partial charge in [0, 0.05) is 23.8 Å². The van der Waals surface area contributed by atoms with Crippen molar-refractivity contribution in [2.75, 3.05) is 6.54 Å². The fraction of sp³-hybridized carbons (Fsp3) is 0.350. The molecule has 2 atom stereocenters. The minimum absolute atomic E-state index is 0.139. The van der Waals surface area contributed by atoms with Gasteiger partial charge in [-0.2, -0.15) is 0 Å². The van der Waals surface area contributed by atoms with Crippen LogP contribution in [0.15, 0.2) is 42.6 Å². The number of carboxylic acids is 1. The fourth-order valence-electron chi connectivity index (χ4n) is 3.22. The summed E-state index contributed by atoms with van der Waals surface area (Å²) in [6, 6.07) is 10.7. The van der Waals surface area contributed by atoms with E-state index in [9.17, 15) is 14.7 Å². The van der Waals surface area contributed by atoms with Crippen molar-refractivity contribution in [1.82, 2.24) is 9.88 Å². The maximum Gasteiger partial charge on any atom is 0.308 e. The van der Waals surface area contributed by atoms with Gasteiger partial charge in [0.25, 0.3) is 5.91 Å². The van der Waals surface area contributed by atoms with Gasteiger partial charge >= 0.3 is 5.97 Å². The van der Waals surface area contributed by atoms with Crippen molar-refractivity contribution < 1.29 is 19.4 Å². The topological polar surface area (TPSA) is 79.7 Å². The molecule has 2 unspecified atom stereocenters. The van der Waals surface area contributed by atoms with Crippen LogP contribution in [0.4, 0.5) is 0 Å². The van der Waals surface area contributed by atoms with E-state index in [1.807, 2.05) is 31.2 Å². The molecule has 0 aliphatic carbocycles. The first-order valence-electron chi connectivity index (χ1n) is 8.64. The van der Waals surface area contributed by atoms with Crippen LogP contribution in [0.1, 0.15) is 35.0 Å². The van der Waals surface area contributed by atoms with Gasteiger partial charge in [-0.1, -0.05) is 12.1 Å².